The van der Waals surface area contributed by atoms with E-state index in [-0.39, 0.29) is 31.6 Å². The van der Waals surface area contributed by atoms with Gasteiger partial charge in [-0.1, -0.05) is 30.4 Å². The highest BCUT2D eigenvalue weighted by atomic mass is 19.4. The number of carbonyl (C=O) groups excluding carboxylic acids is 2. The van der Waals surface area contributed by atoms with Gasteiger partial charge in [-0.2, -0.15) is 13.2 Å². The smallest absolute Gasteiger partial charge is 0.416 e. The van der Waals surface area contributed by atoms with E-state index in [1.54, 1.807) is 18.2 Å². The molecule has 15 heteroatoms. The zero-order valence-electron chi connectivity index (χ0n) is 25.8. The van der Waals surface area contributed by atoms with E-state index in [1.165, 1.54) is 37.7 Å². The molecule has 0 aliphatic heterocycles. The van der Waals surface area contributed by atoms with E-state index < -0.39 is 71.8 Å². The summed E-state index contributed by atoms with van der Waals surface area (Å²) in [6, 6.07) is 2.25. The second kappa shape index (κ2) is 17.6. The quantitative estimate of drug-likeness (QED) is 0.0830. The number of aliphatic hydroxyl groups excluding tert-OH is 2. The molecule has 0 saturated heterocycles. The number of aromatic amines is 1. The van der Waals surface area contributed by atoms with Gasteiger partial charge in [0.2, 0.25) is 5.91 Å². The summed E-state index contributed by atoms with van der Waals surface area (Å²) in [6.07, 6.45) is 3.20. The molecule has 0 radical (unpaired) electrons. The van der Waals surface area contributed by atoms with Gasteiger partial charge in [-0.3, -0.25) is 9.59 Å². The molecule has 0 spiro atoms. The second-order valence-corrected chi connectivity index (χ2v) is 11.4. The fourth-order valence-corrected chi connectivity index (χ4v) is 5.16. The summed E-state index contributed by atoms with van der Waals surface area (Å²) < 4.78 is 50.3. The van der Waals surface area contributed by atoms with Crippen LogP contribution >= 0.6 is 0 Å². The van der Waals surface area contributed by atoms with Crippen LogP contribution in [0.2, 0.25) is 0 Å². The minimum Gasteiger partial charge on any atom is -0.491 e. The molecule has 1 saturated carbocycles. The van der Waals surface area contributed by atoms with Crippen LogP contribution in [0.3, 0.4) is 0 Å². The normalized spacial score (nSPS) is 21.9. The number of esters is 1. The molecule has 1 fully saturated rings. The Labute approximate surface area is 269 Å². The number of imidazole rings is 1. The van der Waals surface area contributed by atoms with Crippen LogP contribution < -0.4 is 15.8 Å². The highest BCUT2D eigenvalue weighted by Gasteiger charge is 2.43. The third kappa shape index (κ3) is 12.2. The molecule has 2 aromatic rings. The standard InChI is InChI=1S/C32H41F3N4O8/c1-19(36)30(44)39-26(14-21-16-37-18-38-21)31(45)47-28-15-27(41)24(25(28)9-4-2-3-5-10-29(42)43)12-11-22(40)17-46-23-8-6-7-20(13-23)32(33,34)35/h2,4,6-8,11-13,16,18-19,22,24-28,40-41H,3,5,9-10,14-15,17,36H2,1H3,(H,37,38)(H,39,44)(H,42,43)/b4-2-,12-11+/t19-,22+,24+,25+,26-,27+,28-/m0/s1. The number of hydrogen-bond donors (Lipinski definition) is 6. The van der Waals surface area contributed by atoms with E-state index in [1.807, 2.05) is 0 Å². The molecule has 1 aliphatic rings. The Balaban J connectivity index is 1.73. The molecule has 0 bridgehead atoms. The molecule has 7 N–H and O–H groups in total. The lowest BCUT2D eigenvalue weighted by Crippen LogP contribution is -2.49. The number of carbonyl (C=O) groups is 3. The van der Waals surface area contributed by atoms with Crippen molar-refractivity contribution in [2.24, 2.45) is 17.6 Å². The van der Waals surface area contributed by atoms with Crippen molar-refractivity contribution in [3.05, 3.63) is 72.4 Å². The number of alkyl halides is 3. The van der Waals surface area contributed by atoms with Crippen LogP contribution in [0.1, 0.15) is 50.3 Å². The third-order valence-corrected chi connectivity index (χ3v) is 7.62. The number of ether oxygens (including phenoxy) is 2. The van der Waals surface area contributed by atoms with Crippen molar-refractivity contribution in [2.75, 3.05) is 6.61 Å². The number of amides is 1. The van der Waals surface area contributed by atoms with Crippen molar-refractivity contribution < 1.29 is 52.3 Å². The van der Waals surface area contributed by atoms with Gasteiger partial charge in [0.1, 0.15) is 30.6 Å². The number of nitrogens with two attached hydrogens (primary N) is 1. The van der Waals surface area contributed by atoms with Gasteiger partial charge in [-0.25, -0.2) is 9.78 Å². The van der Waals surface area contributed by atoms with Crippen LogP contribution in [0.25, 0.3) is 0 Å². The number of H-pyrrole nitrogens is 1. The molecule has 1 heterocycles. The summed E-state index contributed by atoms with van der Waals surface area (Å²) in [5.74, 6) is -3.39. The number of aliphatic carboxylic acids is 1. The largest absolute Gasteiger partial charge is 0.491 e. The van der Waals surface area contributed by atoms with Crippen molar-refractivity contribution in [2.45, 2.75) is 82.0 Å². The van der Waals surface area contributed by atoms with Crippen LogP contribution in [-0.2, 0) is 31.7 Å². The molecule has 7 atom stereocenters. The fourth-order valence-electron chi connectivity index (χ4n) is 5.16. The Morgan fingerprint density at radius 2 is 2.02 bits per heavy atom. The molecule has 1 aliphatic carbocycles. The maximum absolute atomic E-state index is 13.4. The van der Waals surface area contributed by atoms with Crippen LogP contribution in [0.5, 0.6) is 5.75 Å². The number of benzene rings is 1. The van der Waals surface area contributed by atoms with E-state index in [2.05, 4.69) is 15.3 Å². The number of nitrogens with zero attached hydrogens (tertiary/aromatic N) is 1. The van der Waals surface area contributed by atoms with E-state index in [4.69, 9.17) is 20.3 Å². The van der Waals surface area contributed by atoms with Gasteiger partial charge in [0.25, 0.3) is 0 Å². The Bertz CT molecular complexity index is 1370. The Morgan fingerprint density at radius 1 is 1.26 bits per heavy atom. The molecule has 258 valence electrons. The number of hydrogen-bond acceptors (Lipinski definition) is 9. The molecule has 1 amide bonds. The number of nitrogens with one attached hydrogen (secondary N) is 2. The number of aliphatic hydroxyl groups is 2. The number of unbranched alkanes of at least 4 members (excludes halogenated alkanes) is 1. The van der Waals surface area contributed by atoms with E-state index >= 15 is 0 Å². The van der Waals surface area contributed by atoms with Gasteiger partial charge in [-0.05, 0) is 44.4 Å². The Morgan fingerprint density at radius 3 is 2.68 bits per heavy atom. The predicted octanol–water partition coefficient (Wildman–Crippen LogP) is 2.91. The Kier molecular flexibility index (Phi) is 14.0. The molecule has 0 unspecified atom stereocenters. The van der Waals surface area contributed by atoms with Crippen molar-refractivity contribution in [3.63, 3.8) is 0 Å². The first-order chi connectivity index (χ1) is 22.2. The summed E-state index contributed by atoms with van der Waals surface area (Å²) in [6.45, 7) is 1.11. The van der Waals surface area contributed by atoms with E-state index in [9.17, 15) is 37.8 Å². The minimum atomic E-state index is -4.55. The first kappa shape index (κ1) is 37.2. The van der Waals surface area contributed by atoms with Gasteiger partial charge in [-0.15, -0.1) is 0 Å². The number of carboxylic acids is 1. The number of carboxylic acid groups (broad SMARTS) is 1. The third-order valence-electron chi connectivity index (χ3n) is 7.62. The van der Waals surface area contributed by atoms with Crippen LogP contribution in [-0.4, -0.2) is 80.1 Å². The zero-order valence-corrected chi connectivity index (χ0v) is 25.8. The van der Waals surface area contributed by atoms with Crippen molar-refractivity contribution >= 4 is 17.8 Å². The average Bonchev–Trinajstić information content (AvgIpc) is 3.62. The van der Waals surface area contributed by atoms with Gasteiger partial charge in [0, 0.05) is 43.0 Å². The highest BCUT2D eigenvalue weighted by molar-refractivity contribution is 5.87. The van der Waals surface area contributed by atoms with Crippen LogP contribution in [0.4, 0.5) is 13.2 Å². The van der Waals surface area contributed by atoms with Crippen LogP contribution in [0, 0.1) is 11.8 Å². The second-order valence-electron chi connectivity index (χ2n) is 11.4. The summed E-state index contributed by atoms with van der Waals surface area (Å²) >= 11 is 0. The monoisotopic (exact) mass is 666 g/mol. The number of rotatable bonds is 17. The zero-order chi connectivity index (χ0) is 34.6. The van der Waals surface area contributed by atoms with Crippen LogP contribution in [0.15, 0.2) is 61.1 Å². The number of allylic oxidation sites excluding steroid dienone is 2. The molecule has 1 aromatic carbocycles. The average molecular weight is 667 g/mol. The first-order valence-electron chi connectivity index (χ1n) is 15.2. The lowest BCUT2D eigenvalue weighted by Gasteiger charge is -2.25. The fraction of sp³-hybridized carbons (Fsp3) is 0.500. The topological polar surface area (TPSA) is 197 Å². The molecule has 3 rings (SSSR count). The summed E-state index contributed by atoms with van der Waals surface area (Å²) in [5.41, 5.74) is 5.35. The van der Waals surface area contributed by atoms with Gasteiger partial charge in [0.15, 0.2) is 0 Å². The van der Waals surface area contributed by atoms with Crippen molar-refractivity contribution in [1.29, 1.82) is 0 Å². The Hall–Kier alpha value is -4.21. The lowest BCUT2D eigenvalue weighted by atomic mass is 9.89. The first-order valence-corrected chi connectivity index (χ1v) is 15.2. The SMILES string of the molecule is C[C@H](N)C(=O)N[C@@H](Cc1cnc[nH]1)C(=O)O[C@H]1C[C@@H](O)[C@H](/C=C/[C@@H](O)COc2cccc(C(F)(F)F)c2)[C@H]1C/C=C\CCCC(=O)O. The van der Waals surface area contributed by atoms with Gasteiger partial charge >= 0.3 is 18.1 Å². The van der Waals surface area contributed by atoms with Gasteiger partial charge < -0.3 is 40.8 Å². The van der Waals surface area contributed by atoms with Crippen molar-refractivity contribution in [3.8, 4) is 5.75 Å². The van der Waals surface area contributed by atoms with Gasteiger partial charge in [0.05, 0.1) is 24.0 Å². The van der Waals surface area contributed by atoms with E-state index in [0.29, 0.717) is 25.0 Å². The predicted molar refractivity (Wildman–Crippen MR) is 163 cm³/mol. The molecular weight excluding hydrogens is 625 g/mol. The van der Waals surface area contributed by atoms with E-state index in [0.717, 1.165) is 12.1 Å². The van der Waals surface area contributed by atoms with Crippen molar-refractivity contribution in [1.82, 2.24) is 15.3 Å². The molecule has 47 heavy (non-hydrogen) atoms. The lowest BCUT2D eigenvalue weighted by molar-refractivity contribution is -0.155. The number of halogens is 3. The summed E-state index contributed by atoms with van der Waals surface area (Å²) in [4.78, 5) is 43.4. The highest BCUT2D eigenvalue weighted by Crippen LogP contribution is 2.39. The summed E-state index contributed by atoms with van der Waals surface area (Å²) in [5, 5.41) is 32.9. The maximum Gasteiger partial charge on any atom is 0.416 e. The molecular formula is C32H41F3N4O8. The molecule has 12 nitrogen and oxygen atoms in total. The molecule has 1 aromatic heterocycles. The number of aromatic nitrogens is 2. The minimum absolute atomic E-state index is 0.00337. The maximum atomic E-state index is 13.4. The summed E-state index contributed by atoms with van der Waals surface area (Å²) in [7, 11) is 0.